The van der Waals surface area contributed by atoms with Gasteiger partial charge >= 0.3 is 0 Å². The van der Waals surface area contributed by atoms with Crippen LogP contribution in [-0.2, 0) is 0 Å². The molecule has 2 nitrogen and oxygen atoms in total. The van der Waals surface area contributed by atoms with E-state index in [-0.39, 0.29) is 0 Å². The van der Waals surface area contributed by atoms with E-state index in [0.29, 0.717) is 5.92 Å². The van der Waals surface area contributed by atoms with E-state index in [9.17, 15) is 0 Å². The second kappa shape index (κ2) is 2.63. The van der Waals surface area contributed by atoms with Gasteiger partial charge in [0, 0.05) is 22.6 Å². The van der Waals surface area contributed by atoms with Gasteiger partial charge in [-0.1, -0.05) is 13.8 Å². The lowest BCUT2D eigenvalue weighted by Crippen LogP contribution is -2.15. The molecule has 2 heterocycles. The zero-order valence-electron chi connectivity index (χ0n) is 7.32. The first-order chi connectivity index (χ1) is 5.77. The lowest BCUT2D eigenvalue weighted by Gasteiger charge is -1.90. The highest BCUT2D eigenvalue weighted by atomic mass is 16.5. The van der Waals surface area contributed by atoms with Gasteiger partial charge < -0.3 is 0 Å². The summed E-state index contributed by atoms with van der Waals surface area (Å²) in [6.45, 7) is 4.25. The molecule has 0 aliphatic heterocycles. The van der Waals surface area contributed by atoms with E-state index in [4.69, 9.17) is 4.52 Å². The Morgan fingerprint density at radius 1 is 1.33 bits per heavy atom. The third kappa shape index (κ3) is 1.09. The molecule has 0 amide bonds. The molecular formula is C10H12NO+. The number of hydrogen-bond acceptors (Lipinski definition) is 1. The normalized spacial score (nSPS) is 11.2. The molecule has 0 aromatic carbocycles. The monoisotopic (exact) mass is 162 g/mol. The Kier molecular flexibility index (Phi) is 1.61. The van der Waals surface area contributed by atoms with Gasteiger partial charge in [-0.2, -0.15) is 0 Å². The van der Waals surface area contributed by atoms with Gasteiger partial charge in [-0.05, 0) is 6.07 Å². The fraction of sp³-hybridized carbons (Fsp3) is 0.300. The summed E-state index contributed by atoms with van der Waals surface area (Å²) in [7, 11) is 0. The van der Waals surface area contributed by atoms with Gasteiger partial charge in [0.05, 0.1) is 6.07 Å². The van der Waals surface area contributed by atoms with Crippen LogP contribution in [0.2, 0.25) is 0 Å². The number of aromatic nitrogens is 1. The van der Waals surface area contributed by atoms with Gasteiger partial charge in [-0.25, -0.2) is 4.52 Å². The van der Waals surface area contributed by atoms with Crippen LogP contribution in [0.25, 0.3) is 5.52 Å². The smallest absolute Gasteiger partial charge is 0.235 e. The zero-order chi connectivity index (χ0) is 8.55. The lowest BCUT2D eigenvalue weighted by atomic mass is 10.1. The summed E-state index contributed by atoms with van der Waals surface area (Å²) in [4.78, 5) is 0. The molecule has 0 aliphatic carbocycles. The van der Waals surface area contributed by atoms with Crippen molar-refractivity contribution in [3.63, 3.8) is 0 Å². The third-order valence-corrected chi connectivity index (χ3v) is 1.92. The zero-order valence-corrected chi connectivity index (χ0v) is 7.32. The van der Waals surface area contributed by atoms with Crippen LogP contribution in [0.15, 0.2) is 35.0 Å². The number of fused-ring (bicyclic) bond motifs is 1. The summed E-state index contributed by atoms with van der Waals surface area (Å²) in [6.07, 6.45) is 1.92. The molecule has 0 fully saturated rings. The summed E-state index contributed by atoms with van der Waals surface area (Å²) in [5, 5.41) is 0. The number of nitrogens with zero attached hydrogens (tertiary/aromatic N) is 1. The number of pyridine rings is 1. The molecule has 0 aliphatic rings. The molecule has 12 heavy (non-hydrogen) atoms. The molecule has 0 unspecified atom stereocenters. The van der Waals surface area contributed by atoms with E-state index in [2.05, 4.69) is 19.9 Å². The Labute approximate surface area is 71.4 Å². The quantitative estimate of drug-likeness (QED) is 0.587. The molecule has 0 bridgehead atoms. The fourth-order valence-corrected chi connectivity index (χ4v) is 1.19. The Balaban J connectivity index is 2.62. The van der Waals surface area contributed by atoms with Gasteiger partial charge in [-0.3, -0.25) is 0 Å². The molecule has 2 rings (SSSR count). The predicted octanol–water partition coefficient (Wildman–Crippen LogP) is 2.14. The van der Waals surface area contributed by atoms with Crippen LogP contribution in [0.4, 0.5) is 0 Å². The predicted molar refractivity (Wildman–Crippen MR) is 46.0 cm³/mol. The van der Waals surface area contributed by atoms with E-state index in [0.717, 1.165) is 11.3 Å². The molecular weight excluding hydrogens is 150 g/mol. The Morgan fingerprint density at radius 3 is 2.83 bits per heavy atom. The Morgan fingerprint density at radius 2 is 2.17 bits per heavy atom. The van der Waals surface area contributed by atoms with Gasteiger partial charge in [0.15, 0.2) is 5.76 Å². The third-order valence-electron chi connectivity index (χ3n) is 1.92. The maximum absolute atomic E-state index is 5.55. The highest BCUT2D eigenvalue weighted by molar-refractivity contribution is 5.38. The largest absolute Gasteiger partial charge is 0.261 e. The SMILES string of the molecule is CC(C)c1cc2cccc[n+]2o1. The van der Waals surface area contributed by atoms with E-state index in [1.54, 1.807) is 4.57 Å². The van der Waals surface area contributed by atoms with Crippen molar-refractivity contribution in [2.45, 2.75) is 19.8 Å². The highest BCUT2D eigenvalue weighted by Gasteiger charge is 2.12. The second-order valence-corrected chi connectivity index (χ2v) is 3.24. The standard InChI is InChI=1S/C10H12NO/c1-8(2)10-7-9-5-3-4-6-11(9)12-10/h3-8H,1-2H3/q+1. The summed E-state index contributed by atoms with van der Waals surface area (Å²) >= 11 is 0. The van der Waals surface area contributed by atoms with Gasteiger partial charge in [0.25, 0.3) is 5.52 Å². The Bertz CT molecular complexity index is 356. The minimum absolute atomic E-state index is 0.449. The molecule has 0 N–H and O–H groups in total. The second-order valence-electron chi connectivity index (χ2n) is 3.24. The van der Waals surface area contributed by atoms with E-state index < -0.39 is 0 Å². The lowest BCUT2D eigenvalue weighted by molar-refractivity contribution is -0.718. The average molecular weight is 162 g/mol. The van der Waals surface area contributed by atoms with Crippen molar-refractivity contribution in [1.29, 1.82) is 0 Å². The summed E-state index contributed by atoms with van der Waals surface area (Å²) < 4.78 is 7.33. The van der Waals surface area contributed by atoms with Crippen molar-refractivity contribution in [3.8, 4) is 0 Å². The maximum atomic E-state index is 5.55. The van der Waals surface area contributed by atoms with Crippen molar-refractivity contribution >= 4 is 5.52 Å². The minimum atomic E-state index is 0.449. The van der Waals surface area contributed by atoms with Crippen molar-refractivity contribution in [2.24, 2.45) is 0 Å². The summed E-state index contributed by atoms with van der Waals surface area (Å²) in [5.74, 6) is 1.48. The van der Waals surface area contributed by atoms with Crippen molar-refractivity contribution in [1.82, 2.24) is 0 Å². The van der Waals surface area contributed by atoms with Crippen LogP contribution in [0, 0.1) is 0 Å². The first kappa shape index (κ1) is 7.35. The maximum Gasteiger partial charge on any atom is 0.261 e. The van der Waals surface area contributed by atoms with E-state index in [1.807, 2.05) is 24.4 Å². The molecule has 0 saturated carbocycles. The van der Waals surface area contributed by atoms with Crippen molar-refractivity contribution in [2.75, 3.05) is 0 Å². The van der Waals surface area contributed by atoms with Gasteiger partial charge in [-0.15, -0.1) is 0 Å². The summed E-state index contributed by atoms with van der Waals surface area (Å²) in [5.41, 5.74) is 1.11. The van der Waals surface area contributed by atoms with Crippen molar-refractivity contribution < 1.29 is 9.10 Å². The molecule has 2 heteroatoms. The molecule has 2 aromatic heterocycles. The van der Waals surface area contributed by atoms with E-state index in [1.165, 1.54) is 0 Å². The van der Waals surface area contributed by atoms with Crippen LogP contribution in [-0.4, -0.2) is 0 Å². The van der Waals surface area contributed by atoms with Crippen LogP contribution in [0.3, 0.4) is 0 Å². The van der Waals surface area contributed by atoms with Gasteiger partial charge in [0.1, 0.15) is 0 Å². The van der Waals surface area contributed by atoms with Crippen LogP contribution in [0.5, 0.6) is 0 Å². The molecule has 0 spiro atoms. The molecule has 0 saturated heterocycles. The topological polar surface area (TPSA) is 17.2 Å². The van der Waals surface area contributed by atoms with Crippen LogP contribution >= 0.6 is 0 Å². The van der Waals surface area contributed by atoms with Gasteiger partial charge in [0.2, 0.25) is 6.20 Å². The van der Waals surface area contributed by atoms with Crippen LogP contribution in [0.1, 0.15) is 25.5 Å². The van der Waals surface area contributed by atoms with Crippen molar-refractivity contribution in [3.05, 3.63) is 36.2 Å². The summed E-state index contributed by atoms with van der Waals surface area (Å²) in [6, 6.07) is 8.08. The van der Waals surface area contributed by atoms with E-state index >= 15 is 0 Å². The minimum Gasteiger partial charge on any atom is -0.235 e. The number of rotatable bonds is 1. The number of hydrogen-bond donors (Lipinski definition) is 0. The first-order valence-corrected chi connectivity index (χ1v) is 4.18. The molecule has 0 radical (unpaired) electrons. The fourth-order valence-electron chi connectivity index (χ4n) is 1.19. The first-order valence-electron chi connectivity index (χ1n) is 4.18. The highest BCUT2D eigenvalue weighted by Crippen LogP contribution is 2.14. The van der Waals surface area contributed by atoms with Crippen LogP contribution < -0.4 is 4.57 Å². The molecule has 2 aromatic rings. The molecule has 62 valence electrons. The Hall–Kier alpha value is -1.31. The average Bonchev–Trinajstić information content (AvgIpc) is 2.46. The molecule has 0 atom stereocenters.